The summed E-state index contributed by atoms with van der Waals surface area (Å²) in [4.78, 5) is 61.8. The molecule has 2 heterocycles. The van der Waals surface area contributed by atoms with Crippen molar-refractivity contribution in [1.82, 2.24) is 14.8 Å². The molecule has 4 rings (SSSR count). The first kappa shape index (κ1) is 40.3. The van der Waals surface area contributed by atoms with E-state index in [1.807, 2.05) is 67.3 Å². The van der Waals surface area contributed by atoms with Gasteiger partial charge in [0.2, 0.25) is 0 Å². The number of halogens is 1. The molecule has 1 fully saturated rings. The first-order chi connectivity index (χ1) is 24.4. The van der Waals surface area contributed by atoms with E-state index in [2.05, 4.69) is 20.9 Å². The molecule has 280 valence electrons. The van der Waals surface area contributed by atoms with E-state index >= 15 is 0 Å². The molecule has 0 radical (unpaired) electrons. The lowest BCUT2D eigenvalue weighted by molar-refractivity contribution is -0.000288. The second-order valence-corrected chi connectivity index (χ2v) is 16.4. The van der Waals surface area contributed by atoms with Crippen LogP contribution in [0.15, 0.2) is 71.5 Å². The van der Waals surface area contributed by atoms with Crippen LogP contribution in [0, 0.1) is 5.92 Å². The smallest absolute Gasteiger partial charge is 0.420 e. The molecule has 3 aromatic rings. The van der Waals surface area contributed by atoms with Crippen molar-refractivity contribution in [3.63, 3.8) is 0 Å². The van der Waals surface area contributed by atoms with Crippen molar-refractivity contribution in [2.75, 3.05) is 24.6 Å². The highest BCUT2D eigenvalue weighted by Gasteiger charge is 2.32. The number of piperidine rings is 1. The Labute approximate surface area is 315 Å². The van der Waals surface area contributed by atoms with E-state index < -0.39 is 29.5 Å². The lowest BCUT2D eigenvalue weighted by Crippen LogP contribution is -2.43. The topological polar surface area (TPSA) is 119 Å². The molecule has 0 aliphatic carbocycles. The Bertz CT molecular complexity index is 1680. The van der Waals surface area contributed by atoms with Crippen LogP contribution in [0.3, 0.4) is 0 Å². The number of rotatable bonds is 9. The lowest BCUT2D eigenvalue weighted by Gasteiger charge is -2.33. The number of benzene rings is 2. The minimum Gasteiger partial charge on any atom is -0.449 e. The minimum absolute atomic E-state index is 0.0117. The second-order valence-electron chi connectivity index (χ2n) is 15.5. The highest BCUT2D eigenvalue weighted by Crippen LogP contribution is 2.30. The van der Waals surface area contributed by atoms with Crippen molar-refractivity contribution in [2.45, 2.75) is 98.4 Å². The van der Waals surface area contributed by atoms with Crippen LogP contribution in [0.25, 0.3) is 0 Å². The molecular weight excluding hydrogens is 728 g/mol. The highest BCUT2D eigenvalue weighted by molar-refractivity contribution is 9.10. The molecule has 0 N–H and O–H groups in total. The third-order valence-electron chi connectivity index (χ3n) is 8.07. The summed E-state index contributed by atoms with van der Waals surface area (Å²) in [6, 6.07) is 17.2. The SMILES string of the molecule is CC(C)COC(=O)N(Cc1ccc(Br)cc1)c1cncc(C(=O)N2CCC(c3cccc(CN(C(=O)OC(C)(C)C)C(=O)OC(C)(C)C)c3)CC2)c1. The Morgan fingerprint density at radius 1 is 0.827 bits per heavy atom. The monoisotopic (exact) mass is 778 g/mol. The molecule has 4 amide bonds. The molecule has 12 heteroatoms. The quantitative estimate of drug-likeness (QED) is 0.197. The van der Waals surface area contributed by atoms with E-state index in [-0.39, 0.29) is 37.4 Å². The van der Waals surface area contributed by atoms with E-state index in [1.54, 1.807) is 53.8 Å². The third kappa shape index (κ3) is 12.1. The molecule has 2 aromatic carbocycles. The standard InChI is InChI=1S/C40H51BrN4O7/c1-27(2)26-50-36(47)44(24-28-12-14-33(41)15-13-28)34-21-32(22-42-23-34)35(46)43-18-16-30(17-19-43)31-11-9-10-29(20-31)25-45(37(48)51-39(3,4)5)38(49)52-40(6,7)8/h9-15,20-23,27,30H,16-19,24-26H2,1-8H3. The zero-order valence-electron chi connectivity index (χ0n) is 31.5. The number of likely N-dealkylation sites (tertiary alicyclic amines) is 1. The number of pyridine rings is 1. The molecule has 1 aromatic heterocycles. The summed E-state index contributed by atoms with van der Waals surface area (Å²) >= 11 is 3.45. The zero-order chi connectivity index (χ0) is 38.2. The summed E-state index contributed by atoms with van der Waals surface area (Å²) in [6.07, 6.45) is 2.48. The van der Waals surface area contributed by atoms with Crippen molar-refractivity contribution in [3.8, 4) is 0 Å². The number of aromatic nitrogens is 1. The zero-order valence-corrected chi connectivity index (χ0v) is 33.1. The van der Waals surface area contributed by atoms with Crippen LogP contribution in [-0.2, 0) is 27.3 Å². The summed E-state index contributed by atoms with van der Waals surface area (Å²) in [5.74, 6) is 0.173. The van der Waals surface area contributed by atoms with Gasteiger partial charge in [-0.3, -0.25) is 14.7 Å². The fourth-order valence-corrected chi connectivity index (χ4v) is 5.87. The van der Waals surface area contributed by atoms with Gasteiger partial charge in [-0.05, 0) is 101 Å². The summed E-state index contributed by atoms with van der Waals surface area (Å²) in [5.41, 5.74) is 2.00. The van der Waals surface area contributed by atoms with E-state index in [9.17, 15) is 19.2 Å². The van der Waals surface area contributed by atoms with Crippen LogP contribution in [0.4, 0.5) is 20.1 Å². The molecule has 0 atom stereocenters. The number of imide groups is 1. The fraction of sp³-hybridized carbons (Fsp3) is 0.475. The molecule has 0 spiro atoms. The van der Waals surface area contributed by atoms with E-state index in [4.69, 9.17) is 14.2 Å². The number of amides is 4. The van der Waals surface area contributed by atoms with E-state index in [0.29, 0.717) is 24.3 Å². The largest absolute Gasteiger partial charge is 0.449 e. The summed E-state index contributed by atoms with van der Waals surface area (Å²) in [5, 5.41) is 0. The number of anilines is 1. The van der Waals surface area contributed by atoms with Crippen molar-refractivity contribution in [1.29, 1.82) is 0 Å². The fourth-order valence-electron chi connectivity index (χ4n) is 5.61. The number of carbonyl (C=O) groups excluding carboxylic acids is 4. The van der Waals surface area contributed by atoms with Gasteiger partial charge < -0.3 is 19.1 Å². The lowest BCUT2D eigenvalue weighted by atomic mass is 9.88. The van der Waals surface area contributed by atoms with Crippen molar-refractivity contribution < 1.29 is 33.4 Å². The number of carbonyl (C=O) groups is 4. The Hall–Kier alpha value is -4.45. The van der Waals surface area contributed by atoms with Crippen LogP contribution in [0.2, 0.25) is 0 Å². The summed E-state index contributed by atoms with van der Waals surface area (Å²) in [7, 11) is 0. The van der Waals surface area contributed by atoms with Crippen LogP contribution in [-0.4, -0.2) is 69.9 Å². The maximum atomic E-state index is 13.8. The molecule has 0 bridgehead atoms. The highest BCUT2D eigenvalue weighted by atomic mass is 79.9. The van der Waals surface area contributed by atoms with Gasteiger partial charge in [-0.15, -0.1) is 0 Å². The van der Waals surface area contributed by atoms with Gasteiger partial charge in [0, 0.05) is 23.8 Å². The molecule has 1 aliphatic heterocycles. The summed E-state index contributed by atoms with van der Waals surface area (Å²) in [6.45, 7) is 16.0. The van der Waals surface area contributed by atoms with Gasteiger partial charge in [0.1, 0.15) is 11.2 Å². The molecule has 0 unspecified atom stereocenters. The van der Waals surface area contributed by atoms with Crippen molar-refractivity contribution in [3.05, 3.63) is 93.7 Å². The normalized spacial score (nSPS) is 13.8. The predicted molar refractivity (Wildman–Crippen MR) is 203 cm³/mol. The van der Waals surface area contributed by atoms with Gasteiger partial charge in [0.15, 0.2) is 0 Å². The average Bonchev–Trinajstić information content (AvgIpc) is 3.07. The molecule has 0 saturated carbocycles. The molecule has 52 heavy (non-hydrogen) atoms. The van der Waals surface area contributed by atoms with Crippen molar-refractivity contribution in [2.24, 2.45) is 5.92 Å². The Morgan fingerprint density at radius 3 is 2.02 bits per heavy atom. The third-order valence-corrected chi connectivity index (χ3v) is 8.60. The van der Waals surface area contributed by atoms with Gasteiger partial charge >= 0.3 is 18.3 Å². The minimum atomic E-state index is -0.791. The van der Waals surface area contributed by atoms with Crippen LogP contribution in [0.5, 0.6) is 0 Å². The van der Waals surface area contributed by atoms with Crippen molar-refractivity contribution >= 4 is 45.8 Å². The maximum Gasteiger partial charge on any atom is 0.420 e. The molecule has 1 aliphatic rings. The van der Waals surface area contributed by atoms with Gasteiger partial charge in [0.25, 0.3) is 5.91 Å². The summed E-state index contributed by atoms with van der Waals surface area (Å²) < 4.78 is 17.6. The first-order valence-corrected chi connectivity index (χ1v) is 18.4. The maximum absolute atomic E-state index is 13.8. The molecule has 1 saturated heterocycles. The second kappa shape index (κ2) is 17.4. The van der Waals surface area contributed by atoms with Gasteiger partial charge in [0.05, 0.1) is 37.1 Å². The average molecular weight is 780 g/mol. The molecule has 11 nitrogen and oxygen atoms in total. The Morgan fingerprint density at radius 2 is 1.44 bits per heavy atom. The first-order valence-electron chi connectivity index (χ1n) is 17.6. The van der Waals surface area contributed by atoms with Crippen LogP contribution in [0.1, 0.15) is 101 Å². The Kier molecular flexibility index (Phi) is 13.5. The van der Waals surface area contributed by atoms with E-state index in [1.165, 1.54) is 11.1 Å². The van der Waals surface area contributed by atoms with Crippen LogP contribution >= 0.6 is 15.9 Å². The van der Waals surface area contributed by atoms with Crippen LogP contribution < -0.4 is 4.90 Å². The number of nitrogens with zero attached hydrogens (tertiary/aromatic N) is 4. The van der Waals surface area contributed by atoms with E-state index in [0.717, 1.165) is 38.9 Å². The van der Waals surface area contributed by atoms with Gasteiger partial charge in [-0.2, -0.15) is 0 Å². The van der Waals surface area contributed by atoms with Gasteiger partial charge in [-0.25, -0.2) is 19.3 Å². The number of hydrogen-bond acceptors (Lipinski definition) is 8. The Balaban J connectivity index is 1.45. The predicted octanol–water partition coefficient (Wildman–Crippen LogP) is 9.34. The van der Waals surface area contributed by atoms with Gasteiger partial charge in [-0.1, -0.05) is 66.2 Å². The number of ether oxygens (including phenoxy) is 3. The molecular formula is C40H51BrN4O7. The number of hydrogen-bond donors (Lipinski definition) is 0.